The van der Waals surface area contributed by atoms with E-state index in [1.54, 1.807) is 11.9 Å². The van der Waals surface area contributed by atoms with Crippen molar-refractivity contribution in [2.75, 3.05) is 26.0 Å². The second-order valence-corrected chi connectivity index (χ2v) is 3.35. The zero-order valence-electron chi connectivity index (χ0n) is 8.68. The van der Waals surface area contributed by atoms with E-state index in [1.165, 1.54) is 0 Å². The van der Waals surface area contributed by atoms with Crippen molar-refractivity contribution < 1.29 is 9.59 Å². The summed E-state index contributed by atoms with van der Waals surface area (Å²) in [6, 6.07) is 0. The van der Waals surface area contributed by atoms with Gasteiger partial charge in [0.1, 0.15) is 5.88 Å². The fraction of sp³-hybridized carbons (Fsp3) is 0.778. The summed E-state index contributed by atoms with van der Waals surface area (Å²) in [4.78, 5) is 23.7. The quantitative estimate of drug-likeness (QED) is 0.667. The molecule has 82 valence electrons. The van der Waals surface area contributed by atoms with Crippen LogP contribution >= 0.6 is 11.6 Å². The van der Waals surface area contributed by atoms with Gasteiger partial charge in [-0.25, -0.2) is 0 Å². The molecule has 0 aliphatic heterocycles. The van der Waals surface area contributed by atoms with E-state index in [0.717, 1.165) is 19.4 Å². The topological polar surface area (TPSA) is 49.4 Å². The van der Waals surface area contributed by atoms with Crippen molar-refractivity contribution in [1.82, 2.24) is 10.2 Å². The van der Waals surface area contributed by atoms with Gasteiger partial charge in [-0.05, 0) is 6.42 Å². The highest BCUT2D eigenvalue weighted by Gasteiger charge is 2.08. The van der Waals surface area contributed by atoms with Crippen LogP contribution in [0.1, 0.15) is 19.8 Å². The van der Waals surface area contributed by atoms with Gasteiger partial charge in [-0.1, -0.05) is 13.3 Å². The third-order valence-electron chi connectivity index (χ3n) is 1.83. The highest BCUT2D eigenvalue weighted by molar-refractivity contribution is 6.27. The summed E-state index contributed by atoms with van der Waals surface area (Å²) >= 11 is 5.26. The SMILES string of the molecule is CCCCN(C)C(=O)CNC(=O)CCl. The number of amides is 2. The number of nitrogens with one attached hydrogen (secondary N) is 1. The molecule has 0 heterocycles. The molecule has 0 radical (unpaired) electrons. The lowest BCUT2D eigenvalue weighted by molar-refractivity contribution is -0.131. The Bertz CT molecular complexity index is 197. The molecule has 0 bridgehead atoms. The van der Waals surface area contributed by atoms with Crippen LogP contribution in [-0.4, -0.2) is 42.7 Å². The average Bonchev–Trinajstić information content (AvgIpc) is 2.21. The molecule has 0 aromatic carbocycles. The van der Waals surface area contributed by atoms with Crippen molar-refractivity contribution in [1.29, 1.82) is 0 Å². The molecule has 0 atom stereocenters. The van der Waals surface area contributed by atoms with Crippen LogP contribution in [0.3, 0.4) is 0 Å². The van der Waals surface area contributed by atoms with E-state index in [9.17, 15) is 9.59 Å². The number of alkyl halides is 1. The number of nitrogens with zero attached hydrogens (tertiary/aromatic N) is 1. The fourth-order valence-electron chi connectivity index (χ4n) is 0.876. The highest BCUT2D eigenvalue weighted by atomic mass is 35.5. The van der Waals surface area contributed by atoms with Gasteiger partial charge in [0, 0.05) is 13.6 Å². The Labute approximate surface area is 89.6 Å². The standard InChI is InChI=1S/C9H17ClN2O2/c1-3-4-5-12(2)9(14)7-11-8(13)6-10/h3-7H2,1-2H3,(H,11,13). The summed E-state index contributed by atoms with van der Waals surface area (Å²) in [6.07, 6.45) is 2.03. The third-order valence-corrected chi connectivity index (χ3v) is 2.07. The number of hydrogen-bond acceptors (Lipinski definition) is 2. The van der Waals surface area contributed by atoms with Crippen LogP contribution in [0.2, 0.25) is 0 Å². The lowest BCUT2D eigenvalue weighted by atomic mass is 10.3. The molecule has 0 unspecified atom stereocenters. The van der Waals surface area contributed by atoms with Crippen molar-refractivity contribution >= 4 is 23.4 Å². The lowest BCUT2D eigenvalue weighted by Gasteiger charge is -2.16. The molecule has 0 aliphatic carbocycles. The predicted molar refractivity (Wildman–Crippen MR) is 56.3 cm³/mol. The van der Waals surface area contributed by atoms with Crippen molar-refractivity contribution in [2.24, 2.45) is 0 Å². The molecule has 0 fully saturated rings. The summed E-state index contributed by atoms with van der Waals surface area (Å²) in [5.41, 5.74) is 0. The van der Waals surface area contributed by atoms with Crippen molar-refractivity contribution in [3.63, 3.8) is 0 Å². The van der Waals surface area contributed by atoms with E-state index in [0.29, 0.717) is 0 Å². The zero-order chi connectivity index (χ0) is 11.0. The molecule has 0 aliphatic rings. The van der Waals surface area contributed by atoms with Crippen molar-refractivity contribution in [2.45, 2.75) is 19.8 Å². The fourth-order valence-corrected chi connectivity index (χ4v) is 0.971. The summed E-state index contributed by atoms with van der Waals surface area (Å²) < 4.78 is 0. The molecule has 0 aromatic rings. The number of rotatable bonds is 6. The summed E-state index contributed by atoms with van der Waals surface area (Å²) in [7, 11) is 1.73. The van der Waals surface area contributed by atoms with E-state index >= 15 is 0 Å². The first-order chi connectivity index (χ1) is 6.61. The minimum atomic E-state index is -0.316. The molecular formula is C9H17ClN2O2. The maximum absolute atomic E-state index is 11.3. The van der Waals surface area contributed by atoms with Gasteiger partial charge in [0.15, 0.2) is 0 Å². The largest absolute Gasteiger partial charge is 0.346 e. The normalized spacial score (nSPS) is 9.64. The lowest BCUT2D eigenvalue weighted by Crippen LogP contribution is -2.38. The maximum Gasteiger partial charge on any atom is 0.241 e. The molecule has 1 N–H and O–H groups in total. The molecular weight excluding hydrogens is 204 g/mol. The van der Waals surface area contributed by atoms with E-state index in [1.807, 2.05) is 0 Å². The molecule has 4 nitrogen and oxygen atoms in total. The number of hydrogen-bond donors (Lipinski definition) is 1. The maximum atomic E-state index is 11.3. The van der Waals surface area contributed by atoms with Gasteiger partial charge in [0.05, 0.1) is 6.54 Å². The van der Waals surface area contributed by atoms with Crippen molar-refractivity contribution in [3.05, 3.63) is 0 Å². The van der Waals surface area contributed by atoms with Gasteiger partial charge in [-0.2, -0.15) is 0 Å². The second kappa shape index (κ2) is 7.62. The van der Waals surface area contributed by atoms with Gasteiger partial charge < -0.3 is 10.2 Å². The Morgan fingerprint density at radius 2 is 2.07 bits per heavy atom. The van der Waals surface area contributed by atoms with Crippen LogP contribution in [0, 0.1) is 0 Å². The first-order valence-electron chi connectivity index (χ1n) is 4.68. The first-order valence-corrected chi connectivity index (χ1v) is 5.21. The third kappa shape index (κ3) is 5.80. The first kappa shape index (κ1) is 13.2. The Balaban J connectivity index is 3.67. The number of carbonyl (C=O) groups is 2. The molecule has 5 heteroatoms. The van der Waals surface area contributed by atoms with Crippen LogP contribution in [0.5, 0.6) is 0 Å². The van der Waals surface area contributed by atoms with Gasteiger partial charge >= 0.3 is 0 Å². The molecule has 14 heavy (non-hydrogen) atoms. The van der Waals surface area contributed by atoms with E-state index in [2.05, 4.69) is 12.2 Å². The molecule has 0 saturated heterocycles. The number of halogens is 1. The van der Waals surface area contributed by atoms with Crippen LogP contribution in [-0.2, 0) is 9.59 Å². The number of unbranched alkanes of at least 4 members (excludes halogenated alkanes) is 1. The highest BCUT2D eigenvalue weighted by Crippen LogP contribution is 1.91. The molecule has 0 spiro atoms. The Morgan fingerprint density at radius 3 is 2.57 bits per heavy atom. The number of likely N-dealkylation sites (N-methyl/N-ethyl adjacent to an activating group) is 1. The minimum Gasteiger partial charge on any atom is -0.346 e. The van der Waals surface area contributed by atoms with Crippen LogP contribution in [0.4, 0.5) is 0 Å². The Hall–Kier alpha value is -0.770. The number of carbonyl (C=O) groups excluding carboxylic acids is 2. The average molecular weight is 221 g/mol. The Kier molecular flexibility index (Phi) is 7.20. The monoisotopic (exact) mass is 220 g/mol. The van der Waals surface area contributed by atoms with Gasteiger partial charge in [0.2, 0.25) is 11.8 Å². The van der Waals surface area contributed by atoms with Crippen LogP contribution < -0.4 is 5.32 Å². The molecule has 2 amide bonds. The van der Waals surface area contributed by atoms with Crippen molar-refractivity contribution in [3.8, 4) is 0 Å². The predicted octanol–water partition coefficient (Wildman–Crippen LogP) is 0.600. The zero-order valence-corrected chi connectivity index (χ0v) is 9.43. The second-order valence-electron chi connectivity index (χ2n) is 3.08. The minimum absolute atomic E-state index is 0.0335. The molecule has 0 rings (SSSR count). The summed E-state index contributed by atoms with van der Waals surface area (Å²) in [5, 5.41) is 2.43. The Morgan fingerprint density at radius 1 is 1.43 bits per heavy atom. The van der Waals surface area contributed by atoms with E-state index < -0.39 is 0 Å². The van der Waals surface area contributed by atoms with E-state index in [-0.39, 0.29) is 24.2 Å². The van der Waals surface area contributed by atoms with E-state index in [4.69, 9.17) is 11.6 Å². The summed E-state index contributed by atoms with van der Waals surface area (Å²) in [6.45, 7) is 2.82. The summed E-state index contributed by atoms with van der Waals surface area (Å²) in [5.74, 6) is -0.507. The van der Waals surface area contributed by atoms with Crippen LogP contribution in [0.25, 0.3) is 0 Å². The molecule has 0 saturated carbocycles. The van der Waals surface area contributed by atoms with Crippen LogP contribution in [0.15, 0.2) is 0 Å². The van der Waals surface area contributed by atoms with Gasteiger partial charge in [0.25, 0.3) is 0 Å². The molecule has 0 aromatic heterocycles. The smallest absolute Gasteiger partial charge is 0.241 e. The van der Waals surface area contributed by atoms with Gasteiger partial charge in [-0.3, -0.25) is 9.59 Å². The van der Waals surface area contributed by atoms with Gasteiger partial charge in [-0.15, -0.1) is 11.6 Å².